The molecule has 1 unspecified atom stereocenters. The van der Waals surface area contributed by atoms with Gasteiger partial charge in [0.15, 0.2) is 0 Å². The number of anilines is 1. The Labute approximate surface area is 131 Å². The van der Waals surface area contributed by atoms with Crippen molar-refractivity contribution in [2.75, 3.05) is 5.32 Å². The molecule has 1 N–H and O–H groups in total. The standard InChI is InChI=1S/C14H10Br2F3N/c1-7(9-3-2-8(17)4-10(9)15)20-14-6-12(18)11(16)5-13(14)19/h2-7,20H,1H3. The Bertz CT molecular complexity index is 647. The number of halogens is 5. The summed E-state index contributed by atoms with van der Waals surface area (Å²) in [5.41, 5.74) is 0.795. The fourth-order valence-corrected chi connectivity index (χ4v) is 2.81. The second kappa shape index (κ2) is 6.18. The minimum atomic E-state index is -0.566. The maximum atomic E-state index is 13.7. The summed E-state index contributed by atoms with van der Waals surface area (Å²) in [5, 5.41) is 2.87. The van der Waals surface area contributed by atoms with Crippen molar-refractivity contribution >= 4 is 37.5 Å². The Morgan fingerprint density at radius 2 is 1.65 bits per heavy atom. The molecule has 0 saturated carbocycles. The lowest BCUT2D eigenvalue weighted by Gasteiger charge is -2.18. The Kier molecular flexibility index (Phi) is 4.75. The van der Waals surface area contributed by atoms with E-state index in [4.69, 9.17) is 0 Å². The third-order valence-corrected chi connectivity index (χ3v) is 4.11. The molecule has 106 valence electrons. The summed E-state index contributed by atoms with van der Waals surface area (Å²) in [7, 11) is 0. The van der Waals surface area contributed by atoms with Gasteiger partial charge >= 0.3 is 0 Å². The number of hydrogen-bond acceptors (Lipinski definition) is 1. The predicted molar refractivity (Wildman–Crippen MR) is 80.2 cm³/mol. The smallest absolute Gasteiger partial charge is 0.147 e. The van der Waals surface area contributed by atoms with Crippen LogP contribution in [0, 0.1) is 17.5 Å². The lowest BCUT2D eigenvalue weighted by molar-refractivity contribution is 0.594. The molecule has 1 atom stereocenters. The van der Waals surface area contributed by atoms with E-state index in [0.29, 0.717) is 4.47 Å². The van der Waals surface area contributed by atoms with E-state index >= 15 is 0 Å². The third-order valence-electron chi connectivity index (χ3n) is 2.81. The fraction of sp³-hybridized carbons (Fsp3) is 0.143. The van der Waals surface area contributed by atoms with E-state index in [2.05, 4.69) is 37.2 Å². The van der Waals surface area contributed by atoms with Crippen molar-refractivity contribution in [3.63, 3.8) is 0 Å². The van der Waals surface area contributed by atoms with Gasteiger partial charge in [-0.25, -0.2) is 13.2 Å². The van der Waals surface area contributed by atoms with Crippen LogP contribution >= 0.6 is 31.9 Å². The first kappa shape index (κ1) is 15.4. The van der Waals surface area contributed by atoms with Crippen molar-refractivity contribution in [1.29, 1.82) is 0 Å². The molecule has 0 bridgehead atoms. The number of rotatable bonds is 3. The zero-order valence-electron chi connectivity index (χ0n) is 10.4. The van der Waals surface area contributed by atoms with Crippen molar-refractivity contribution in [2.24, 2.45) is 0 Å². The van der Waals surface area contributed by atoms with E-state index in [1.165, 1.54) is 12.1 Å². The Morgan fingerprint density at radius 1 is 0.950 bits per heavy atom. The molecule has 0 heterocycles. The maximum Gasteiger partial charge on any atom is 0.147 e. The molecule has 0 aliphatic carbocycles. The highest BCUT2D eigenvalue weighted by molar-refractivity contribution is 9.10. The summed E-state index contributed by atoms with van der Waals surface area (Å²) in [5.74, 6) is -1.49. The van der Waals surface area contributed by atoms with Crippen LogP contribution in [0.3, 0.4) is 0 Å². The lowest BCUT2D eigenvalue weighted by Crippen LogP contribution is -2.09. The maximum absolute atomic E-state index is 13.7. The van der Waals surface area contributed by atoms with Crippen molar-refractivity contribution < 1.29 is 13.2 Å². The van der Waals surface area contributed by atoms with Crippen LogP contribution in [0.5, 0.6) is 0 Å². The molecule has 6 heteroatoms. The van der Waals surface area contributed by atoms with E-state index in [-0.39, 0.29) is 22.0 Å². The van der Waals surface area contributed by atoms with E-state index in [1.54, 1.807) is 13.0 Å². The van der Waals surface area contributed by atoms with Gasteiger partial charge in [-0.05, 0) is 46.6 Å². The normalized spacial score (nSPS) is 12.3. The first-order valence-corrected chi connectivity index (χ1v) is 7.33. The fourth-order valence-electron chi connectivity index (χ4n) is 1.80. The highest BCUT2D eigenvalue weighted by Crippen LogP contribution is 2.30. The average Bonchev–Trinajstić information content (AvgIpc) is 2.35. The summed E-state index contributed by atoms with van der Waals surface area (Å²) in [6.45, 7) is 1.78. The zero-order valence-corrected chi connectivity index (χ0v) is 13.5. The zero-order chi connectivity index (χ0) is 14.9. The van der Waals surface area contributed by atoms with E-state index in [0.717, 1.165) is 17.7 Å². The van der Waals surface area contributed by atoms with Gasteiger partial charge in [0.1, 0.15) is 17.5 Å². The quantitative estimate of drug-likeness (QED) is 0.632. The molecular weight excluding hydrogens is 399 g/mol. The summed E-state index contributed by atoms with van der Waals surface area (Å²) in [6.07, 6.45) is 0. The first-order chi connectivity index (χ1) is 9.38. The molecule has 1 nitrogen and oxygen atoms in total. The minimum absolute atomic E-state index is 0.0504. The lowest BCUT2D eigenvalue weighted by atomic mass is 10.1. The van der Waals surface area contributed by atoms with Crippen LogP contribution in [0.1, 0.15) is 18.5 Å². The van der Waals surface area contributed by atoms with Crippen molar-refractivity contribution in [3.05, 3.63) is 62.3 Å². The second-order valence-electron chi connectivity index (χ2n) is 4.28. The summed E-state index contributed by atoms with van der Waals surface area (Å²) < 4.78 is 40.8. The van der Waals surface area contributed by atoms with Gasteiger partial charge in [-0.15, -0.1) is 0 Å². The van der Waals surface area contributed by atoms with Gasteiger partial charge in [-0.2, -0.15) is 0 Å². The molecule has 2 aromatic rings. The van der Waals surface area contributed by atoms with Crippen LogP contribution < -0.4 is 5.32 Å². The van der Waals surface area contributed by atoms with Gasteiger partial charge in [-0.1, -0.05) is 22.0 Å². The van der Waals surface area contributed by atoms with Crippen molar-refractivity contribution in [2.45, 2.75) is 13.0 Å². The molecule has 0 fully saturated rings. The highest BCUT2D eigenvalue weighted by Gasteiger charge is 2.14. The minimum Gasteiger partial charge on any atom is -0.376 e. The Balaban J connectivity index is 2.27. The van der Waals surface area contributed by atoms with Crippen LogP contribution in [0.2, 0.25) is 0 Å². The number of nitrogens with one attached hydrogen (secondary N) is 1. The topological polar surface area (TPSA) is 12.0 Å². The first-order valence-electron chi connectivity index (χ1n) is 5.74. The largest absolute Gasteiger partial charge is 0.376 e. The number of benzene rings is 2. The van der Waals surface area contributed by atoms with Crippen molar-refractivity contribution in [1.82, 2.24) is 0 Å². The monoisotopic (exact) mass is 407 g/mol. The summed E-state index contributed by atoms with van der Waals surface area (Å²) >= 11 is 6.17. The molecule has 20 heavy (non-hydrogen) atoms. The van der Waals surface area contributed by atoms with E-state index in [9.17, 15) is 13.2 Å². The van der Waals surface area contributed by atoms with E-state index < -0.39 is 11.6 Å². The van der Waals surface area contributed by atoms with E-state index in [1.807, 2.05) is 0 Å². The molecule has 0 radical (unpaired) electrons. The SMILES string of the molecule is CC(Nc1cc(F)c(Br)cc1F)c1ccc(F)cc1Br. The van der Waals surface area contributed by atoms with Crippen LogP contribution in [0.4, 0.5) is 18.9 Å². The molecule has 0 spiro atoms. The average molecular weight is 409 g/mol. The molecule has 2 aromatic carbocycles. The molecule has 0 aliphatic rings. The van der Waals surface area contributed by atoms with Gasteiger partial charge in [0.05, 0.1) is 10.2 Å². The van der Waals surface area contributed by atoms with Crippen LogP contribution in [-0.2, 0) is 0 Å². The highest BCUT2D eigenvalue weighted by atomic mass is 79.9. The van der Waals surface area contributed by atoms with Gasteiger partial charge in [0.2, 0.25) is 0 Å². The van der Waals surface area contributed by atoms with Gasteiger partial charge in [0, 0.05) is 16.6 Å². The van der Waals surface area contributed by atoms with Crippen molar-refractivity contribution in [3.8, 4) is 0 Å². The second-order valence-corrected chi connectivity index (χ2v) is 5.99. The van der Waals surface area contributed by atoms with Crippen LogP contribution in [-0.4, -0.2) is 0 Å². The van der Waals surface area contributed by atoms with Crippen LogP contribution in [0.15, 0.2) is 39.3 Å². The van der Waals surface area contributed by atoms with Gasteiger partial charge < -0.3 is 5.32 Å². The summed E-state index contributed by atoms with van der Waals surface area (Å²) in [6, 6.07) is 6.05. The Morgan fingerprint density at radius 3 is 2.30 bits per heavy atom. The Hall–Kier alpha value is -1.01. The van der Waals surface area contributed by atoms with Gasteiger partial charge in [0.25, 0.3) is 0 Å². The predicted octanol–water partition coefficient (Wildman–Crippen LogP) is 5.80. The molecule has 0 amide bonds. The molecule has 0 aliphatic heterocycles. The molecule has 0 aromatic heterocycles. The third kappa shape index (κ3) is 3.35. The summed E-state index contributed by atoms with van der Waals surface area (Å²) in [4.78, 5) is 0. The van der Waals surface area contributed by atoms with Crippen LogP contribution in [0.25, 0.3) is 0 Å². The molecule has 2 rings (SSSR count). The van der Waals surface area contributed by atoms with Gasteiger partial charge in [-0.3, -0.25) is 0 Å². The molecule has 0 saturated heterocycles. The number of hydrogen-bond donors (Lipinski definition) is 1. The molecular formula is C14H10Br2F3N.